The monoisotopic (exact) mass is 595 g/mol. The lowest BCUT2D eigenvalue weighted by Crippen LogP contribution is -2.50. The summed E-state index contributed by atoms with van der Waals surface area (Å²) >= 11 is 0. The number of halogens is 1. The van der Waals surface area contributed by atoms with Crippen molar-refractivity contribution in [3.05, 3.63) is 126 Å². The molecule has 1 aliphatic carbocycles. The van der Waals surface area contributed by atoms with Gasteiger partial charge in [0, 0.05) is 37.3 Å². The molecule has 1 fully saturated rings. The van der Waals surface area contributed by atoms with Crippen LogP contribution in [0.5, 0.6) is 0 Å². The van der Waals surface area contributed by atoms with Gasteiger partial charge in [-0.25, -0.2) is 4.79 Å². The molecule has 6 rings (SSSR count). The highest BCUT2D eigenvalue weighted by atomic mass is 35.5. The van der Waals surface area contributed by atoms with Crippen molar-refractivity contribution in [3.8, 4) is 11.1 Å². The molecule has 1 saturated heterocycles. The predicted octanol–water partition coefficient (Wildman–Crippen LogP) is 6.69. The van der Waals surface area contributed by atoms with Gasteiger partial charge in [0.25, 0.3) is 0 Å². The predicted molar refractivity (Wildman–Crippen MR) is 174 cm³/mol. The Morgan fingerprint density at radius 1 is 0.767 bits per heavy atom. The molecule has 0 unspecified atom stereocenters. The maximum atomic E-state index is 13.6. The number of likely N-dealkylation sites (tertiary alicyclic amines) is 1. The van der Waals surface area contributed by atoms with Crippen molar-refractivity contribution in [2.24, 2.45) is 0 Å². The fourth-order valence-electron chi connectivity index (χ4n) is 6.36. The van der Waals surface area contributed by atoms with E-state index >= 15 is 0 Å². The zero-order valence-corrected chi connectivity index (χ0v) is 25.0. The molecule has 6 nitrogen and oxygen atoms in total. The molecule has 222 valence electrons. The molecule has 43 heavy (non-hydrogen) atoms. The average molecular weight is 596 g/mol. The van der Waals surface area contributed by atoms with Crippen LogP contribution in [0.3, 0.4) is 0 Å². The zero-order chi connectivity index (χ0) is 28.7. The van der Waals surface area contributed by atoms with Gasteiger partial charge in [-0.05, 0) is 59.2 Å². The van der Waals surface area contributed by atoms with Gasteiger partial charge in [0.15, 0.2) is 0 Å². The van der Waals surface area contributed by atoms with Crippen molar-refractivity contribution in [2.75, 3.05) is 37.7 Å². The molecule has 0 spiro atoms. The fraction of sp³-hybridized carbons (Fsp3) is 0.278. The summed E-state index contributed by atoms with van der Waals surface area (Å²) < 4.78 is 5.67. The number of carbonyl (C=O) groups excluding carboxylic acids is 2. The number of benzene rings is 4. The Balaban J connectivity index is 0.00000368. The van der Waals surface area contributed by atoms with E-state index in [1.54, 1.807) is 0 Å². The molecule has 2 aliphatic rings. The van der Waals surface area contributed by atoms with Gasteiger partial charge >= 0.3 is 6.09 Å². The smallest absolute Gasteiger partial charge is 0.407 e. The van der Waals surface area contributed by atoms with Gasteiger partial charge in [-0.15, -0.1) is 12.4 Å². The SMILES string of the molecule is Cl.O=C(NCC(=O)N(c1ccccc1)C1CCN(CCc2ccccc2)CC1)OCC1c2ccccc2-c2ccccc21. The number of rotatable bonds is 9. The van der Waals surface area contributed by atoms with Crippen LogP contribution in [0.2, 0.25) is 0 Å². The normalized spacial score (nSPS) is 14.7. The third-order valence-electron chi connectivity index (χ3n) is 8.51. The van der Waals surface area contributed by atoms with Crippen molar-refractivity contribution >= 4 is 30.1 Å². The van der Waals surface area contributed by atoms with Gasteiger partial charge in [-0.2, -0.15) is 0 Å². The lowest BCUT2D eigenvalue weighted by Gasteiger charge is -2.38. The number of carbonyl (C=O) groups is 2. The Hall–Kier alpha value is -4.13. The first kappa shape index (κ1) is 30.3. The van der Waals surface area contributed by atoms with Crippen LogP contribution in [-0.2, 0) is 16.0 Å². The van der Waals surface area contributed by atoms with Gasteiger partial charge < -0.3 is 19.9 Å². The Morgan fingerprint density at radius 3 is 1.95 bits per heavy atom. The molecule has 0 atom stereocenters. The first-order valence-electron chi connectivity index (χ1n) is 14.9. The van der Waals surface area contributed by atoms with Crippen LogP contribution in [0.25, 0.3) is 11.1 Å². The summed E-state index contributed by atoms with van der Waals surface area (Å²) in [6, 6.07) is 36.9. The molecular weight excluding hydrogens is 558 g/mol. The molecular formula is C36H38ClN3O3. The number of anilines is 1. The lowest BCUT2D eigenvalue weighted by molar-refractivity contribution is -0.118. The van der Waals surface area contributed by atoms with Crippen LogP contribution in [0, 0.1) is 0 Å². The summed E-state index contributed by atoms with van der Waals surface area (Å²) in [7, 11) is 0. The third-order valence-corrected chi connectivity index (χ3v) is 8.51. The number of hydrogen-bond donors (Lipinski definition) is 1. The van der Waals surface area contributed by atoms with Gasteiger partial charge in [-0.1, -0.05) is 97.1 Å². The quantitative estimate of drug-likeness (QED) is 0.234. The maximum absolute atomic E-state index is 13.6. The molecule has 4 aromatic rings. The molecule has 1 heterocycles. The van der Waals surface area contributed by atoms with Crippen molar-refractivity contribution in [2.45, 2.75) is 31.2 Å². The minimum absolute atomic E-state index is 0. The van der Waals surface area contributed by atoms with E-state index in [1.165, 1.54) is 16.7 Å². The van der Waals surface area contributed by atoms with E-state index in [9.17, 15) is 9.59 Å². The number of ether oxygens (including phenoxy) is 1. The highest BCUT2D eigenvalue weighted by Crippen LogP contribution is 2.44. The summed E-state index contributed by atoms with van der Waals surface area (Å²) in [5, 5.41) is 2.73. The molecule has 7 heteroatoms. The van der Waals surface area contributed by atoms with E-state index in [4.69, 9.17) is 4.74 Å². The average Bonchev–Trinajstić information content (AvgIpc) is 3.37. The summed E-state index contributed by atoms with van der Waals surface area (Å²) in [5.41, 5.74) is 6.89. The standard InChI is InChI=1S/C36H37N3O3.ClH/c40-35(25-37-36(41)42-26-34-32-17-9-7-15-30(32)31-16-8-10-18-33(31)34)39(28-13-5-2-6-14-28)29-20-23-38(24-21-29)22-19-27-11-3-1-4-12-27;/h1-18,29,34H,19-26H2,(H,37,41);1H. The molecule has 1 aliphatic heterocycles. The van der Waals surface area contributed by atoms with Crippen LogP contribution in [0.4, 0.5) is 10.5 Å². The second-order valence-electron chi connectivity index (χ2n) is 11.1. The molecule has 1 N–H and O–H groups in total. The van der Waals surface area contributed by atoms with Crippen LogP contribution in [-0.4, -0.2) is 55.7 Å². The van der Waals surface area contributed by atoms with Crippen molar-refractivity contribution < 1.29 is 14.3 Å². The molecule has 0 bridgehead atoms. The van der Waals surface area contributed by atoms with E-state index in [1.807, 2.05) is 65.6 Å². The van der Waals surface area contributed by atoms with Crippen molar-refractivity contribution in [1.29, 1.82) is 0 Å². The van der Waals surface area contributed by atoms with Crippen molar-refractivity contribution in [3.63, 3.8) is 0 Å². The maximum Gasteiger partial charge on any atom is 0.407 e. The van der Waals surface area contributed by atoms with E-state index in [-0.39, 0.29) is 43.4 Å². The molecule has 4 aromatic carbocycles. The number of alkyl carbamates (subject to hydrolysis) is 1. The van der Waals surface area contributed by atoms with Gasteiger partial charge in [0.2, 0.25) is 5.91 Å². The molecule has 0 saturated carbocycles. The number of piperidine rings is 1. The minimum atomic E-state index is -0.575. The summed E-state index contributed by atoms with van der Waals surface area (Å²) in [6.07, 6.45) is 2.23. The van der Waals surface area contributed by atoms with Crippen LogP contribution in [0.1, 0.15) is 35.4 Å². The molecule has 0 aromatic heterocycles. The van der Waals surface area contributed by atoms with Gasteiger partial charge in [-0.3, -0.25) is 4.79 Å². The first-order valence-corrected chi connectivity index (χ1v) is 14.9. The number of fused-ring (bicyclic) bond motifs is 3. The van der Waals surface area contributed by atoms with Gasteiger partial charge in [0.1, 0.15) is 13.2 Å². The Morgan fingerprint density at radius 2 is 1.33 bits per heavy atom. The number of hydrogen-bond acceptors (Lipinski definition) is 4. The van der Waals surface area contributed by atoms with E-state index in [0.29, 0.717) is 0 Å². The number of nitrogens with zero attached hydrogens (tertiary/aromatic N) is 2. The fourth-order valence-corrected chi connectivity index (χ4v) is 6.36. The van der Waals surface area contributed by atoms with E-state index in [2.05, 4.69) is 58.7 Å². The second kappa shape index (κ2) is 14.4. The molecule has 0 radical (unpaired) electrons. The van der Waals surface area contributed by atoms with E-state index in [0.717, 1.165) is 55.7 Å². The highest BCUT2D eigenvalue weighted by Gasteiger charge is 2.31. The summed E-state index contributed by atoms with van der Waals surface area (Å²) in [5.74, 6) is -0.149. The topological polar surface area (TPSA) is 61.9 Å². The van der Waals surface area contributed by atoms with Crippen LogP contribution < -0.4 is 10.2 Å². The number of para-hydroxylation sites is 1. The van der Waals surface area contributed by atoms with Crippen LogP contribution in [0.15, 0.2) is 109 Å². The van der Waals surface area contributed by atoms with Crippen LogP contribution >= 0.6 is 12.4 Å². The van der Waals surface area contributed by atoms with Gasteiger partial charge in [0.05, 0.1) is 0 Å². The third kappa shape index (κ3) is 7.10. The lowest BCUT2D eigenvalue weighted by atomic mass is 9.98. The molecule has 2 amide bonds. The largest absolute Gasteiger partial charge is 0.449 e. The second-order valence-corrected chi connectivity index (χ2v) is 11.1. The van der Waals surface area contributed by atoms with E-state index < -0.39 is 6.09 Å². The zero-order valence-electron chi connectivity index (χ0n) is 24.2. The first-order chi connectivity index (χ1) is 20.7. The van der Waals surface area contributed by atoms with Crippen molar-refractivity contribution in [1.82, 2.24) is 10.2 Å². The Labute approximate surface area is 260 Å². The Kier molecular flexibility index (Phi) is 10.1. The summed E-state index contributed by atoms with van der Waals surface area (Å²) in [4.78, 5) is 30.7. The number of nitrogens with one attached hydrogen (secondary N) is 1. The minimum Gasteiger partial charge on any atom is -0.449 e. The number of amides is 2. The Bertz CT molecular complexity index is 1460. The summed E-state index contributed by atoms with van der Waals surface area (Å²) in [6.45, 7) is 3.00. The highest BCUT2D eigenvalue weighted by molar-refractivity contribution is 5.96.